The molecule has 0 aliphatic heterocycles. The molecule has 0 bridgehead atoms. The molecule has 2 aliphatic carbocycles. The minimum atomic E-state index is -0.106. The molecular weight excluding hydrogens is 273 g/mol. The van der Waals surface area contributed by atoms with Gasteiger partial charge in [-0.1, -0.05) is 17.7 Å². The first-order valence-corrected chi connectivity index (χ1v) is 6.64. The lowest BCUT2D eigenvalue weighted by Crippen LogP contribution is -2.22. The molecule has 1 atom stereocenters. The number of carbonyl (C=O) groups is 2. The van der Waals surface area contributed by atoms with Gasteiger partial charge < -0.3 is 5.32 Å². The summed E-state index contributed by atoms with van der Waals surface area (Å²) in [6.45, 7) is 0. The number of nitrogens with one attached hydrogen (secondary N) is 1. The molecule has 0 aromatic rings. The van der Waals surface area contributed by atoms with Crippen molar-refractivity contribution in [1.29, 1.82) is 0 Å². The molecule has 3 nitrogen and oxygen atoms in total. The quantitative estimate of drug-likeness (QED) is 0.482. The van der Waals surface area contributed by atoms with Gasteiger partial charge in [-0.3, -0.25) is 9.59 Å². The third-order valence-corrected chi connectivity index (χ3v) is 3.55. The van der Waals surface area contributed by atoms with E-state index in [1.165, 1.54) is 6.20 Å². The summed E-state index contributed by atoms with van der Waals surface area (Å²) in [7, 11) is 0. The van der Waals surface area contributed by atoms with Crippen molar-refractivity contribution in [3.63, 3.8) is 0 Å². The molecule has 0 aromatic carbocycles. The van der Waals surface area contributed by atoms with E-state index in [0.29, 0.717) is 36.4 Å². The average molecular weight is 286 g/mol. The molecule has 2 rings (SSSR count). The van der Waals surface area contributed by atoms with E-state index >= 15 is 0 Å². The second-order valence-electron chi connectivity index (χ2n) is 4.29. The number of allylic oxidation sites excluding steroid dienone is 4. The molecule has 0 amide bonds. The minimum Gasteiger partial charge on any atom is -0.360 e. The van der Waals surface area contributed by atoms with E-state index < -0.39 is 0 Å². The van der Waals surface area contributed by atoms with Crippen molar-refractivity contribution in [2.24, 2.45) is 0 Å². The van der Waals surface area contributed by atoms with Crippen LogP contribution in [0.2, 0.25) is 0 Å². The molecule has 18 heavy (non-hydrogen) atoms. The third kappa shape index (κ3) is 3.03. The second kappa shape index (κ2) is 5.72. The fourth-order valence-corrected chi connectivity index (χ4v) is 2.48. The summed E-state index contributed by atoms with van der Waals surface area (Å²) >= 11 is 11.9. The largest absolute Gasteiger partial charge is 0.360 e. The van der Waals surface area contributed by atoms with Crippen LogP contribution in [0.25, 0.3) is 0 Å². The van der Waals surface area contributed by atoms with E-state index in [0.717, 1.165) is 0 Å². The van der Waals surface area contributed by atoms with E-state index in [9.17, 15) is 9.59 Å². The molecule has 0 aromatic heterocycles. The van der Waals surface area contributed by atoms with Gasteiger partial charge in [0.25, 0.3) is 0 Å². The van der Waals surface area contributed by atoms with Gasteiger partial charge in [-0.05, 0) is 18.9 Å². The summed E-state index contributed by atoms with van der Waals surface area (Å²) in [4.78, 5) is 23.2. The smallest absolute Gasteiger partial charge is 0.167 e. The number of rotatable bonds is 2. The van der Waals surface area contributed by atoms with E-state index in [1.54, 1.807) is 6.08 Å². The van der Waals surface area contributed by atoms with Crippen molar-refractivity contribution >= 4 is 34.8 Å². The Morgan fingerprint density at radius 3 is 2.56 bits per heavy atom. The Morgan fingerprint density at radius 1 is 1.28 bits per heavy atom. The van der Waals surface area contributed by atoms with Crippen molar-refractivity contribution in [1.82, 2.24) is 5.32 Å². The Hall–Kier alpha value is -1.06. The normalized spacial score (nSPS) is 24.6. The minimum absolute atomic E-state index is 0.103. The predicted molar refractivity (Wildman–Crippen MR) is 71.4 cm³/mol. The summed E-state index contributed by atoms with van der Waals surface area (Å²) in [6.07, 6.45) is 7.23. The molecule has 1 unspecified atom stereocenters. The number of ketones is 2. The van der Waals surface area contributed by atoms with Crippen LogP contribution in [0.4, 0.5) is 0 Å². The van der Waals surface area contributed by atoms with Gasteiger partial charge >= 0.3 is 0 Å². The first-order valence-electron chi connectivity index (χ1n) is 5.83. The molecule has 1 N–H and O–H groups in total. The molecule has 2 aliphatic rings. The van der Waals surface area contributed by atoms with Crippen molar-refractivity contribution in [2.75, 3.05) is 0 Å². The van der Waals surface area contributed by atoms with Crippen LogP contribution in [0, 0.1) is 0 Å². The van der Waals surface area contributed by atoms with Gasteiger partial charge in [-0.2, -0.15) is 0 Å². The summed E-state index contributed by atoms with van der Waals surface area (Å²) in [5, 5.41) is 3.33. The standard InChI is InChI=1S/C13H13Cl2NO2/c14-8-4-5-11(10(15)6-8)16-7-9-12(17)2-1-3-13(9)18/h5-8,16H,1-4H2. The third-order valence-electron chi connectivity index (χ3n) is 2.91. The highest BCUT2D eigenvalue weighted by Gasteiger charge is 2.23. The topological polar surface area (TPSA) is 46.2 Å². The first-order chi connectivity index (χ1) is 8.58. The van der Waals surface area contributed by atoms with E-state index in [4.69, 9.17) is 23.2 Å². The van der Waals surface area contributed by atoms with Crippen LogP contribution >= 0.6 is 23.2 Å². The SMILES string of the molecule is O=C1CCCC(=O)C1=CNC1=CCC(Cl)C=C1Cl. The van der Waals surface area contributed by atoms with Gasteiger partial charge in [0, 0.05) is 19.0 Å². The molecule has 1 fully saturated rings. The van der Waals surface area contributed by atoms with E-state index in [-0.39, 0.29) is 22.5 Å². The van der Waals surface area contributed by atoms with Gasteiger partial charge in [0.05, 0.1) is 21.7 Å². The molecule has 0 radical (unpaired) electrons. The van der Waals surface area contributed by atoms with Crippen LogP contribution in [0.1, 0.15) is 25.7 Å². The maximum Gasteiger partial charge on any atom is 0.167 e. The Kier molecular flexibility index (Phi) is 4.25. The number of Topliss-reactive ketones (excluding diaryl/α,β-unsaturated/α-hetero) is 2. The zero-order chi connectivity index (χ0) is 13.1. The summed E-state index contributed by atoms with van der Waals surface area (Å²) in [5.41, 5.74) is 0.923. The monoisotopic (exact) mass is 285 g/mol. The Bertz CT molecular complexity index is 459. The first kappa shape index (κ1) is 13.4. The molecule has 0 spiro atoms. The van der Waals surface area contributed by atoms with E-state index in [1.807, 2.05) is 6.08 Å². The van der Waals surface area contributed by atoms with Crippen LogP contribution in [-0.2, 0) is 9.59 Å². The lowest BCUT2D eigenvalue weighted by atomic mass is 9.93. The van der Waals surface area contributed by atoms with Gasteiger partial charge in [0.2, 0.25) is 0 Å². The number of hydrogen-bond acceptors (Lipinski definition) is 3. The maximum atomic E-state index is 11.6. The molecule has 0 heterocycles. The van der Waals surface area contributed by atoms with Crippen molar-refractivity contribution in [3.05, 3.63) is 34.7 Å². The van der Waals surface area contributed by atoms with Crippen LogP contribution < -0.4 is 5.32 Å². The number of alkyl halides is 1. The lowest BCUT2D eigenvalue weighted by molar-refractivity contribution is -0.123. The number of halogens is 2. The van der Waals surface area contributed by atoms with Crippen LogP contribution in [0.15, 0.2) is 34.7 Å². The average Bonchev–Trinajstić information content (AvgIpc) is 2.31. The molecule has 1 saturated carbocycles. The molecule has 5 heteroatoms. The maximum absolute atomic E-state index is 11.6. The highest BCUT2D eigenvalue weighted by atomic mass is 35.5. The predicted octanol–water partition coefficient (Wildman–Crippen LogP) is 2.80. The molecule has 96 valence electrons. The molecule has 0 saturated heterocycles. The summed E-state index contributed by atoms with van der Waals surface area (Å²) < 4.78 is 0. The fourth-order valence-electron chi connectivity index (χ4n) is 1.92. The van der Waals surface area contributed by atoms with Gasteiger partial charge in [0.1, 0.15) is 0 Å². The Morgan fingerprint density at radius 2 is 1.94 bits per heavy atom. The lowest BCUT2D eigenvalue weighted by Gasteiger charge is -2.16. The number of carbonyl (C=O) groups excluding carboxylic acids is 2. The summed E-state index contributed by atoms with van der Waals surface area (Å²) in [6, 6.07) is 0. The fraction of sp³-hybridized carbons (Fsp3) is 0.385. The molecular formula is C13H13Cl2NO2. The number of hydrogen-bond donors (Lipinski definition) is 1. The Labute approximate surface area is 116 Å². The van der Waals surface area contributed by atoms with Crippen LogP contribution in [-0.4, -0.2) is 16.9 Å². The van der Waals surface area contributed by atoms with Gasteiger partial charge in [0.15, 0.2) is 11.6 Å². The van der Waals surface area contributed by atoms with E-state index in [2.05, 4.69) is 5.32 Å². The van der Waals surface area contributed by atoms with Crippen molar-refractivity contribution in [2.45, 2.75) is 31.1 Å². The van der Waals surface area contributed by atoms with Crippen LogP contribution in [0.5, 0.6) is 0 Å². The zero-order valence-corrected chi connectivity index (χ0v) is 11.2. The van der Waals surface area contributed by atoms with Crippen molar-refractivity contribution in [3.8, 4) is 0 Å². The highest BCUT2D eigenvalue weighted by molar-refractivity contribution is 6.33. The summed E-state index contributed by atoms with van der Waals surface area (Å²) in [5.74, 6) is -0.212. The zero-order valence-electron chi connectivity index (χ0n) is 9.71. The Balaban J connectivity index is 2.09. The van der Waals surface area contributed by atoms with Gasteiger partial charge in [-0.15, -0.1) is 11.6 Å². The highest BCUT2D eigenvalue weighted by Crippen LogP contribution is 2.24. The second-order valence-corrected chi connectivity index (χ2v) is 5.25. The van der Waals surface area contributed by atoms with Crippen LogP contribution in [0.3, 0.4) is 0 Å². The van der Waals surface area contributed by atoms with Crippen molar-refractivity contribution < 1.29 is 9.59 Å². The van der Waals surface area contributed by atoms with Gasteiger partial charge in [-0.25, -0.2) is 0 Å².